The minimum Gasteiger partial charge on any atom is -0.456 e. The fourth-order valence-electron chi connectivity index (χ4n) is 10.7. The maximum atomic E-state index is 7.02. The molecule has 0 amide bonds. The number of furan rings is 3. The lowest BCUT2D eigenvalue weighted by Gasteiger charge is -2.41. The molecule has 0 bridgehead atoms. The molecule has 12 aromatic rings. The van der Waals surface area contributed by atoms with Crippen LogP contribution in [0.25, 0.3) is 99.1 Å². The van der Waals surface area contributed by atoms with Crippen LogP contribution in [-0.2, 0) is 5.41 Å². The lowest BCUT2D eigenvalue weighted by Crippen LogP contribution is -2.56. The van der Waals surface area contributed by atoms with Crippen molar-refractivity contribution in [3.63, 3.8) is 0 Å². The first-order valence-electron chi connectivity index (χ1n) is 20.8. The third-order valence-corrected chi connectivity index (χ3v) is 13.3. The van der Waals surface area contributed by atoms with Gasteiger partial charge in [-0.05, 0) is 63.9 Å². The smallest absolute Gasteiger partial charge is 0.336 e. The molecule has 0 radical (unpaired) electrons. The highest BCUT2D eigenvalue weighted by Crippen LogP contribution is 2.52. The van der Waals surface area contributed by atoms with E-state index in [0.717, 1.165) is 105 Å². The summed E-state index contributed by atoms with van der Waals surface area (Å²) in [7, 11) is 0. The van der Waals surface area contributed by atoms with Crippen LogP contribution in [0.15, 0.2) is 171 Å². The molecule has 2 aliphatic rings. The molecule has 6 heterocycles. The van der Waals surface area contributed by atoms with Crippen LogP contribution in [0.1, 0.15) is 26.3 Å². The molecule has 60 heavy (non-hydrogen) atoms. The van der Waals surface area contributed by atoms with E-state index >= 15 is 0 Å². The molecule has 0 N–H and O–H groups in total. The zero-order valence-corrected chi connectivity index (χ0v) is 33.2. The van der Waals surface area contributed by atoms with E-state index in [1.807, 2.05) is 6.07 Å². The Morgan fingerprint density at radius 3 is 1.95 bits per heavy atom. The van der Waals surface area contributed by atoms with Crippen LogP contribution in [0.5, 0.6) is 0 Å². The monoisotopic (exact) mass is 770 g/mol. The average Bonchev–Trinajstić information content (AvgIpc) is 4.03. The van der Waals surface area contributed by atoms with Gasteiger partial charge in [-0.2, -0.15) is 0 Å². The van der Waals surface area contributed by atoms with Gasteiger partial charge in [0.15, 0.2) is 5.71 Å². The van der Waals surface area contributed by atoms with Gasteiger partial charge >= 0.3 is 6.85 Å². The lowest BCUT2D eigenvalue weighted by molar-refractivity contribution is 0.590. The van der Waals surface area contributed by atoms with E-state index in [4.69, 9.17) is 13.3 Å². The van der Waals surface area contributed by atoms with Crippen LogP contribution >= 0.6 is 0 Å². The summed E-state index contributed by atoms with van der Waals surface area (Å²) in [6.45, 7) is 6.62. The van der Waals surface area contributed by atoms with Gasteiger partial charge < -0.3 is 22.6 Å². The third-order valence-electron chi connectivity index (χ3n) is 13.3. The predicted octanol–water partition coefficient (Wildman–Crippen LogP) is 13.7. The molecule has 0 atom stereocenters. The highest BCUT2D eigenvalue weighted by molar-refractivity contribution is 6.90. The molecular weight excluding hydrogens is 735 g/mol. The molecule has 8 aromatic carbocycles. The molecule has 5 nitrogen and oxygen atoms in total. The molecule has 4 aromatic heterocycles. The first-order valence-corrected chi connectivity index (χ1v) is 20.8. The predicted molar refractivity (Wildman–Crippen MR) is 248 cm³/mol. The fourth-order valence-corrected chi connectivity index (χ4v) is 10.7. The Labute approximate surface area is 344 Å². The van der Waals surface area contributed by atoms with Crippen molar-refractivity contribution in [3.05, 3.63) is 163 Å². The highest BCUT2D eigenvalue weighted by atomic mass is 16.3. The summed E-state index contributed by atoms with van der Waals surface area (Å²) < 4.78 is 23.2. The Balaban J connectivity index is 1.21. The first-order chi connectivity index (χ1) is 29.4. The van der Waals surface area contributed by atoms with Gasteiger partial charge in [-0.15, -0.1) is 0 Å². The molecular formula is C54H35BN2O3. The van der Waals surface area contributed by atoms with Gasteiger partial charge in [0.25, 0.3) is 0 Å². The second kappa shape index (κ2) is 11.2. The number of anilines is 3. The topological polar surface area (TPSA) is 47.6 Å². The summed E-state index contributed by atoms with van der Waals surface area (Å²) >= 11 is 0. The number of nitrogens with zero attached hydrogens (tertiary/aromatic N) is 2. The number of hydrogen-bond acceptors (Lipinski definition) is 4. The van der Waals surface area contributed by atoms with Crippen LogP contribution in [0.4, 0.5) is 17.1 Å². The van der Waals surface area contributed by atoms with Gasteiger partial charge in [0.2, 0.25) is 0 Å². The van der Waals surface area contributed by atoms with Crippen molar-refractivity contribution in [2.75, 3.05) is 4.90 Å². The summed E-state index contributed by atoms with van der Waals surface area (Å²) in [6.07, 6.45) is 0. The van der Waals surface area contributed by atoms with Crippen LogP contribution in [0, 0.1) is 0 Å². The minimum absolute atomic E-state index is 0.0529. The molecule has 0 fully saturated rings. The SMILES string of the molecule is CC(C)(C)c1ccc(N2c3cc4oc5ccccc5c4cc3B3c4c2cc2c(oc5ccccc52)c4-c2cccc4c5c6ccccc6oc5n3c24)c(-c2ccccc2)c1. The zero-order valence-electron chi connectivity index (χ0n) is 33.2. The van der Waals surface area contributed by atoms with Crippen LogP contribution in [0.3, 0.4) is 0 Å². The van der Waals surface area contributed by atoms with E-state index in [1.165, 1.54) is 27.4 Å². The molecule has 0 spiro atoms. The number of aromatic nitrogens is 1. The molecule has 0 saturated heterocycles. The van der Waals surface area contributed by atoms with E-state index in [1.54, 1.807) is 0 Å². The minimum atomic E-state index is -0.249. The number of rotatable bonds is 2. The van der Waals surface area contributed by atoms with Gasteiger partial charge in [0, 0.05) is 72.0 Å². The summed E-state index contributed by atoms with van der Waals surface area (Å²) in [5.41, 5.74) is 17.9. The summed E-state index contributed by atoms with van der Waals surface area (Å²) in [5.74, 6) is 0. The average molecular weight is 771 g/mol. The normalized spacial score (nSPS) is 13.5. The van der Waals surface area contributed by atoms with Gasteiger partial charge in [0.05, 0.1) is 11.1 Å². The van der Waals surface area contributed by atoms with Crippen molar-refractivity contribution in [3.8, 4) is 22.3 Å². The van der Waals surface area contributed by atoms with E-state index in [-0.39, 0.29) is 12.3 Å². The zero-order chi connectivity index (χ0) is 39.6. The molecule has 0 unspecified atom stereocenters. The van der Waals surface area contributed by atoms with Crippen LogP contribution < -0.4 is 15.8 Å². The van der Waals surface area contributed by atoms with Crippen LogP contribution in [0.2, 0.25) is 0 Å². The van der Waals surface area contributed by atoms with Crippen molar-refractivity contribution in [2.24, 2.45) is 0 Å². The van der Waals surface area contributed by atoms with Gasteiger partial charge in [0.1, 0.15) is 27.9 Å². The molecule has 6 heteroatoms. The van der Waals surface area contributed by atoms with Crippen molar-refractivity contribution in [1.29, 1.82) is 0 Å². The number of hydrogen-bond donors (Lipinski definition) is 0. The number of fused-ring (bicyclic) bond motifs is 16. The standard InChI is InChI=1S/C54H35BN2O3/c1-54(2,3)31-24-25-41(37(26-31)30-14-5-4-6-15-30)56-42-29-47-38(32-16-7-10-21-44(32)58-47)27-40(42)55-50-43(56)28-39-33-17-8-11-22-45(33)59-52(39)49(50)36-20-13-19-35-48-34-18-9-12-23-46(34)60-53(48)57(55)51(35)36/h4-29H,1-3H3. The van der Waals surface area contributed by atoms with E-state index in [0.29, 0.717) is 0 Å². The molecule has 14 rings (SSSR count). The Morgan fingerprint density at radius 2 is 1.17 bits per heavy atom. The van der Waals surface area contributed by atoms with Crippen molar-refractivity contribution < 1.29 is 13.3 Å². The first kappa shape index (κ1) is 32.5. The van der Waals surface area contributed by atoms with Gasteiger partial charge in [-0.3, -0.25) is 0 Å². The maximum absolute atomic E-state index is 7.02. The van der Waals surface area contributed by atoms with E-state index in [2.05, 4.69) is 182 Å². The number of para-hydroxylation sites is 4. The Morgan fingerprint density at radius 1 is 0.483 bits per heavy atom. The second-order valence-corrected chi connectivity index (χ2v) is 17.6. The number of benzene rings is 8. The summed E-state index contributed by atoms with van der Waals surface area (Å²) in [4.78, 5) is 2.51. The Hall–Kier alpha value is -7.44. The molecule has 0 aliphatic carbocycles. The fraction of sp³-hybridized carbons (Fsp3) is 0.0741. The summed E-state index contributed by atoms with van der Waals surface area (Å²) in [5, 5.41) is 7.82. The Kier molecular flexibility index (Phi) is 6.06. The lowest BCUT2D eigenvalue weighted by atomic mass is 9.45. The van der Waals surface area contributed by atoms with Gasteiger partial charge in [-0.1, -0.05) is 136 Å². The highest BCUT2D eigenvalue weighted by Gasteiger charge is 2.46. The van der Waals surface area contributed by atoms with Crippen molar-refractivity contribution in [2.45, 2.75) is 26.2 Å². The summed E-state index contributed by atoms with van der Waals surface area (Å²) in [6, 6.07) is 57.0. The van der Waals surface area contributed by atoms with Crippen molar-refractivity contribution in [1.82, 2.24) is 4.48 Å². The van der Waals surface area contributed by atoms with E-state index in [9.17, 15) is 0 Å². The quantitative estimate of drug-likeness (QED) is 0.164. The van der Waals surface area contributed by atoms with E-state index < -0.39 is 0 Å². The maximum Gasteiger partial charge on any atom is 0.336 e. The molecule has 0 saturated carbocycles. The van der Waals surface area contributed by atoms with Crippen LogP contribution in [-0.4, -0.2) is 11.3 Å². The third kappa shape index (κ3) is 4.08. The largest absolute Gasteiger partial charge is 0.456 e. The second-order valence-electron chi connectivity index (χ2n) is 17.6. The Bertz CT molecular complexity index is 3840. The van der Waals surface area contributed by atoms with Gasteiger partial charge in [-0.25, -0.2) is 0 Å². The van der Waals surface area contributed by atoms with Crippen molar-refractivity contribution >= 4 is 112 Å². The molecule has 282 valence electrons. The molecule has 2 aliphatic heterocycles.